The number of thioether (sulfide) groups is 1. The smallest absolute Gasteiger partial charge is 0.233 e. The number of thiophene rings is 1. The van der Waals surface area contributed by atoms with Crippen LogP contribution in [0.3, 0.4) is 0 Å². The number of fused-ring (bicyclic) bond motifs is 1. The molecule has 0 radical (unpaired) electrons. The van der Waals surface area contributed by atoms with Crippen LogP contribution in [0.2, 0.25) is 0 Å². The molecule has 126 valence electrons. The molecule has 4 rings (SSSR count). The summed E-state index contributed by atoms with van der Waals surface area (Å²) in [5.74, 6) is 2.23. The van der Waals surface area contributed by atoms with Crippen LogP contribution in [0.15, 0.2) is 40.6 Å². The van der Waals surface area contributed by atoms with E-state index < -0.39 is 0 Å². The van der Waals surface area contributed by atoms with Crippen LogP contribution >= 0.6 is 23.1 Å². The van der Waals surface area contributed by atoms with Gasteiger partial charge in [-0.05, 0) is 42.5 Å². The number of carbonyl (C=O) groups excluding carboxylic acids is 1. The van der Waals surface area contributed by atoms with E-state index >= 15 is 0 Å². The van der Waals surface area contributed by atoms with Gasteiger partial charge in [0.2, 0.25) is 5.91 Å². The molecule has 2 aliphatic rings. The van der Waals surface area contributed by atoms with E-state index in [4.69, 9.17) is 9.47 Å². The van der Waals surface area contributed by atoms with E-state index in [-0.39, 0.29) is 11.9 Å². The Hall–Kier alpha value is -1.66. The molecule has 2 aromatic rings. The lowest BCUT2D eigenvalue weighted by Gasteiger charge is -2.24. The minimum Gasteiger partial charge on any atom is -0.486 e. The Balaban J connectivity index is 1.39. The number of benzene rings is 1. The van der Waals surface area contributed by atoms with Crippen molar-refractivity contribution in [1.29, 1.82) is 0 Å². The van der Waals surface area contributed by atoms with Crippen LogP contribution in [0.4, 0.5) is 0 Å². The maximum absolute atomic E-state index is 12.7. The Kier molecular flexibility index (Phi) is 4.67. The molecule has 0 N–H and O–H groups in total. The fourth-order valence-electron chi connectivity index (χ4n) is 3.18. The van der Waals surface area contributed by atoms with Crippen molar-refractivity contribution in [2.75, 3.05) is 25.5 Å². The van der Waals surface area contributed by atoms with Gasteiger partial charge in [-0.15, -0.1) is 23.1 Å². The van der Waals surface area contributed by atoms with Gasteiger partial charge in [0.05, 0.1) is 11.8 Å². The van der Waals surface area contributed by atoms with Gasteiger partial charge in [-0.1, -0.05) is 6.07 Å². The summed E-state index contributed by atoms with van der Waals surface area (Å²) in [6.07, 6.45) is 2.16. The van der Waals surface area contributed by atoms with Gasteiger partial charge in [-0.2, -0.15) is 0 Å². The van der Waals surface area contributed by atoms with Crippen LogP contribution in [0, 0.1) is 0 Å². The van der Waals surface area contributed by atoms with E-state index in [2.05, 4.69) is 17.5 Å². The first-order chi connectivity index (χ1) is 11.8. The highest BCUT2D eigenvalue weighted by Gasteiger charge is 2.30. The summed E-state index contributed by atoms with van der Waals surface area (Å²) in [6.45, 7) is 2.04. The van der Waals surface area contributed by atoms with Crippen LogP contribution in [-0.2, 0) is 4.79 Å². The van der Waals surface area contributed by atoms with Gasteiger partial charge in [0.15, 0.2) is 11.5 Å². The lowest BCUT2D eigenvalue weighted by molar-refractivity contribution is -0.129. The first-order valence-electron chi connectivity index (χ1n) is 8.16. The second-order valence-corrected chi connectivity index (χ2v) is 7.88. The van der Waals surface area contributed by atoms with Crippen molar-refractivity contribution in [3.8, 4) is 11.5 Å². The van der Waals surface area contributed by atoms with Crippen molar-refractivity contribution >= 4 is 29.0 Å². The van der Waals surface area contributed by atoms with Crippen molar-refractivity contribution in [3.63, 3.8) is 0 Å². The van der Waals surface area contributed by atoms with Crippen molar-refractivity contribution in [1.82, 2.24) is 4.90 Å². The number of hydrogen-bond donors (Lipinski definition) is 0. The molecular weight excluding hydrogens is 342 g/mol. The van der Waals surface area contributed by atoms with Gasteiger partial charge >= 0.3 is 0 Å². The number of rotatable bonds is 4. The molecule has 1 fully saturated rings. The molecule has 1 aromatic carbocycles. The Morgan fingerprint density at radius 1 is 1.25 bits per heavy atom. The van der Waals surface area contributed by atoms with Crippen LogP contribution in [-0.4, -0.2) is 36.3 Å². The molecule has 6 heteroatoms. The average molecular weight is 361 g/mol. The number of likely N-dealkylation sites (tertiary alicyclic amines) is 1. The molecule has 1 amide bonds. The molecule has 1 aromatic heterocycles. The monoisotopic (exact) mass is 361 g/mol. The maximum atomic E-state index is 12.7. The zero-order valence-electron chi connectivity index (χ0n) is 13.3. The Morgan fingerprint density at radius 3 is 2.96 bits per heavy atom. The summed E-state index contributed by atoms with van der Waals surface area (Å²) in [4.78, 5) is 17.0. The number of ether oxygens (including phenoxy) is 2. The predicted octanol–water partition coefficient (Wildman–Crippen LogP) is 3.98. The fourth-order valence-corrected chi connectivity index (χ4v) is 4.87. The minimum atomic E-state index is 0.214. The number of hydrogen-bond acceptors (Lipinski definition) is 5. The molecule has 0 unspecified atom stereocenters. The first-order valence-corrected chi connectivity index (χ1v) is 10.0. The largest absolute Gasteiger partial charge is 0.486 e. The lowest BCUT2D eigenvalue weighted by Crippen LogP contribution is -2.31. The molecular formula is C18H19NO3S2. The number of carbonyl (C=O) groups is 1. The molecule has 1 atom stereocenters. The van der Waals surface area contributed by atoms with E-state index in [0.717, 1.165) is 35.8 Å². The van der Waals surface area contributed by atoms with Crippen molar-refractivity contribution in [2.24, 2.45) is 0 Å². The molecule has 4 nitrogen and oxygen atoms in total. The summed E-state index contributed by atoms with van der Waals surface area (Å²) in [5.41, 5.74) is 0. The fraction of sp³-hybridized carbons (Fsp3) is 0.389. The zero-order chi connectivity index (χ0) is 16.4. The summed E-state index contributed by atoms with van der Waals surface area (Å²) >= 11 is 3.30. The topological polar surface area (TPSA) is 38.8 Å². The third kappa shape index (κ3) is 3.26. The van der Waals surface area contributed by atoms with Gasteiger partial charge in [0.25, 0.3) is 0 Å². The Labute approximate surface area is 149 Å². The highest BCUT2D eigenvalue weighted by atomic mass is 32.2. The highest BCUT2D eigenvalue weighted by Crippen LogP contribution is 2.37. The van der Waals surface area contributed by atoms with E-state index in [1.165, 1.54) is 4.88 Å². The molecule has 3 heterocycles. The number of nitrogens with zero attached hydrogens (tertiary/aromatic N) is 1. The van der Waals surface area contributed by atoms with Crippen molar-refractivity contribution < 1.29 is 14.3 Å². The number of amides is 1. The summed E-state index contributed by atoms with van der Waals surface area (Å²) in [6, 6.07) is 10.3. The van der Waals surface area contributed by atoms with Crippen molar-refractivity contribution in [3.05, 3.63) is 40.6 Å². The van der Waals surface area contributed by atoms with Crippen LogP contribution in [0.1, 0.15) is 23.8 Å². The predicted molar refractivity (Wildman–Crippen MR) is 96.2 cm³/mol. The van der Waals surface area contributed by atoms with Gasteiger partial charge < -0.3 is 14.4 Å². The van der Waals surface area contributed by atoms with Gasteiger partial charge in [-0.25, -0.2) is 0 Å². The van der Waals surface area contributed by atoms with Gasteiger partial charge in [0.1, 0.15) is 13.2 Å². The molecule has 0 spiro atoms. The Bertz CT molecular complexity index is 717. The van der Waals surface area contributed by atoms with Crippen LogP contribution < -0.4 is 9.47 Å². The summed E-state index contributed by atoms with van der Waals surface area (Å²) in [5, 5.41) is 2.08. The van der Waals surface area contributed by atoms with Crippen LogP contribution in [0.5, 0.6) is 11.5 Å². The quantitative estimate of drug-likeness (QED) is 0.772. The van der Waals surface area contributed by atoms with E-state index in [0.29, 0.717) is 19.0 Å². The van der Waals surface area contributed by atoms with E-state index in [1.54, 1.807) is 23.1 Å². The SMILES string of the molecule is O=C(CSc1ccc2c(c1)OCCO2)N1CCC[C@H]1c1cccs1. The third-order valence-corrected chi connectivity index (χ3v) is 6.27. The van der Waals surface area contributed by atoms with Crippen LogP contribution in [0.25, 0.3) is 0 Å². The molecule has 1 saturated heterocycles. The summed E-state index contributed by atoms with van der Waals surface area (Å²) < 4.78 is 11.1. The lowest BCUT2D eigenvalue weighted by atomic mass is 10.2. The molecule has 0 saturated carbocycles. The van der Waals surface area contributed by atoms with E-state index in [9.17, 15) is 4.79 Å². The minimum absolute atomic E-state index is 0.214. The second kappa shape index (κ2) is 7.07. The summed E-state index contributed by atoms with van der Waals surface area (Å²) in [7, 11) is 0. The molecule has 2 aliphatic heterocycles. The van der Waals surface area contributed by atoms with Crippen molar-refractivity contribution in [2.45, 2.75) is 23.8 Å². The normalized spacial score (nSPS) is 19.5. The maximum Gasteiger partial charge on any atom is 0.233 e. The Morgan fingerprint density at radius 2 is 2.12 bits per heavy atom. The molecule has 0 bridgehead atoms. The zero-order valence-corrected chi connectivity index (χ0v) is 14.9. The first kappa shape index (κ1) is 15.8. The third-order valence-electron chi connectivity index (χ3n) is 4.32. The average Bonchev–Trinajstić information content (AvgIpc) is 3.30. The van der Waals surface area contributed by atoms with Gasteiger partial charge in [0, 0.05) is 16.3 Å². The highest BCUT2D eigenvalue weighted by molar-refractivity contribution is 8.00. The molecule has 24 heavy (non-hydrogen) atoms. The standard InChI is InChI=1S/C18H19NO3S2/c20-18(19-7-1-3-14(19)17-4-2-10-23-17)12-24-13-5-6-15-16(11-13)22-9-8-21-15/h2,4-6,10-11,14H,1,3,7-9,12H2/t14-/m0/s1. The van der Waals surface area contributed by atoms with E-state index in [1.807, 2.05) is 23.1 Å². The van der Waals surface area contributed by atoms with Gasteiger partial charge in [-0.3, -0.25) is 4.79 Å². The molecule has 0 aliphatic carbocycles. The second-order valence-electron chi connectivity index (χ2n) is 5.85.